The number of rotatable bonds is 6. The number of hydrogen-bond acceptors (Lipinski definition) is 6. The second-order valence-electron chi connectivity index (χ2n) is 6.25. The van der Waals surface area contributed by atoms with E-state index in [1.807, 2.05) is 0 Å². The third-order valence-electron chi connectivity index (χ3n) is 4.45. The Balaban J connectivity index is 1.51. The Morgan fingerprint density at radius 2 is 1.92 bits per heavy atom. The molecule has 1 saturated heterocycles. The van der Waals surface area contributed by atoms with Gasteiger partial charge in [-0.25, -0.2) is 4.79 Å². The van der Waals surface area contributed by atoms with Gasteiger partial charge in [0, 0.05) is 13.2 Å². The average molecular weight is 360 g/mol. The largest absolute Gasteiger partial charge is 0.454 e. The molecule has 0 spiro atoms. The number of benzene rings is 1. The van der Waals surface area contributed by atoms with Gasteiger partial charge in [0.1, 0.15) is 6.04 Å². The minimum absolute atomic E-state index is 0.00748. The zero-order chi connectivity index (χ0) is 18.7. The van der Waals surface area contributed by atoms with Crippen LogP contribution in [-0.2, 0) is 19.1 Å². The molecule has 138 valence electrons. The van der Waals surface area contributed by atoms with Crippen molar-refractivity contribution in [1.82, 2.24) is 10.2 Å². The number of carbonyl (C=O) groups excluding carboxylic acids is 4. The van der Waals surface area contributed by atoms with Crippen molar-refractivity contribution in [2.24, 2.45) is 0 Å². The lowest BCUT2D eigenvalue weighted by Gasteiger charge is -2.20. The van der Waals surface area contributed by atoms with Gasteiger partial charge in [-0.1, -0.05) is 12.1 Å². The van der Waals surface area contributed by atoms with Crippen molar-refractivity contribution in [2.75, 3.05) is 19.8 Å². The van der Waals surface area contributed by atoms with E-state index in [0.717, 1.165) is 17.7 Å². The lowest BCUT2D eigenvalue weighted by atomic mass is 10.1. The lowest BCUT2D eigenvalue weighted by Crippen LogP contribution is -2.44. The fourth-order valence-corrected chi connectivity index (χ4v) is 3.01. The predicted octanol–water partition coefficient (Wildman–Crippen LogP) is 0.510. The molecule has 0 aromatic heterocycles. The van der Waals surface area contributed by atoms with Crippen LogP contribution in [0.25, 0.3) is 0 Å². The molecule has 0 unspecified atom stereocenters. The molecule has 1 N–H and O–H groups in total. The molecule has 8 nitrogen and oxygen atoms in total. The summed E-state index contributed by atoms with van der Waals surface area (Å²) in [5.74, 6) is -2.36. The number of nitrogens with zero attached hydrogens (tertiary/aromatic N) is 1. The van der Waals surface area contributed by atoms with Gasteiger partial charge in [-0.3, -0.25) is 19.3 Å². The summed E-state index contributed by atoms with van der Waals surface area (Å²) in [6.45, 7) is 1.98. The third kappa shape index (κ3) is 3.60. The Labute approximate surface area is 150 Å². The number of nitrogens with one attached hydrogen (secondary N) is 1. The molecule has 0 bridgehead atoms. The number of imide groups is 1. The van der Waals surface area contributed by atoms with Gasteiger partial charge >= 0.3 is 5.97 Å². The molecule has 0 radical (unpaired) electrons. The summed E-state index contributed by atoms with van der Waals surface area (Å²) in [5, 5.41) is 2.63. The Morgan fingerprint density at radius 3 is 2.50 bits per heavy atom. The summed E-state index contributed by atoms with van der Waals surface area (Å²) < 4.78 is 10.3. The summed E-state index contributed by atoms with van der Waals surface area (Å²) in [4.78, 5) is 49.5. The van der Waals surface area contributed by atoms with Gasteiger partial charge in [0.05, 0.1) is 17.2 Å². The molecule has 2 atom stereocenters. The summed E-state index contributed by atoms with van der Waals surface area (Å²) in [6.07, 6.45) is 1.84. The van der Waals surface area contributed by atoms with Crippen molar-refractivity contribution in [3.63, 3.8) is 0 Å². The first-order valence-corrected chi connectivity index (χ1v) is 8.51. The monoisotopic (exact) mass is 360 g/mol. The molecule has 8 heteroatoms. The predicted molar refractivity (Wildman–Crippen MR) is 89.3 cm³/mol. The Morgan fingerprint density at radius 1 is 1.27 bits per heavy atom. The molecule has 3 rings (SSSR count). The molecule has 2 aliphatic rings. The van der Waals surface area contributed by atoms with Crippen LogP contribution in [0.2, 0.25) is 0 Å². The number of fused-ring (bicyclic) bond motifs is 1. The molecular weight excluding hydrogens is 340 g/mol. The normalized spacial score (nSPS) is 20.0. The van der Waals surface area contributed by atoms with Crippen LogP contribution in [0.4, 0.5) is 0 Å². The van der Waals surface area contributed by atoms with Gasteiger partial charge < -0.3 is 14.8 Å². The molecule has 0 saturated carbocycles. The minimum atomic E-state index is -1.12. The van der Waals surface area contributed by atoms with Gasteiger partial charge in [-0.05, 0) is 31.9 Å². The second-order valence-corrected chi connectivity index (χ2v) is 6.25. The number of carbonyl (C=O) groups is 4. The minimum Gasteiger partial charge on any atom is -0.454 e. The van der Waals surface area contributed by atoms with Crippen LogP contribution in [0.5, 0.6) is 0 Å². The van der Waals surface area contributed by atoms with E-state index in [1.54, 1.807) is 12.1 Å². The highest BCUT2D eigenvalue weighted by atomic mass is 16.5. The second kappa shape index (κ2) is 7.65. The number of hydrogen-bond donors (Lipinski definition) is 1. The third-order valence-corrected chi connectivity index (χ3v) is 4.45. The lowest BCUT2D eigenvalue weighted by molar-refractivity contribution is -0.151. The summed E-state index contributed by atoms with van der Waals surface area (Å²) in [7, 11) is 0. The quantitative estimate of drug-likeness (QED) is 0.586. The van der Waals surface area contributed by atoms with E-state index in [2.05, 4.69) is 5.32 Å². The number of amides is 3. The highest BCUT2D eigenvalue weighted by Crippen LogP contribution is 2.24. The van der Waals surface area contributed by atoms with Crippen molar-refractivity contribution in [1.29, 1.82) is 0 Å². The zero-order valence-electron chi connectivity index (χ0n) is 14.4. The maximum atomic E-state index is 12.3. The van der Waals surface area contributed by atoms with Gasteiger partial charge in [0.2, 0.25) is 0 Å². The highest BCUT2D eigenvalue weighted by molar-refractivity contribution is 6.22. The van der Waals surface area contributed by atoms with Crippen molar-refractivity contribution in [3.8, 4) is 0 Å². The van der Waals surface area contributed by atoms with Crippen LogP contribution >= 0.6 is 0 Å². The van der Waals surface area contributed by atoms with Crippen LogP contribution in [0.1, 0.15) is 40.5 Å². The molecule has 2 heterocycles. The maximum Gasteiger partial charge on any atom is 0.329 e. The van der Waals surface area contributed by atoms with E-state index in [-0.39, 0.29) is 17.2 Å². The van der Waals surface area contributed by atoms with Gasteiger partial charge in [0.25, 0.3) is 17.7 Å². The van der Waals surface area contributed by atoms with Crippen molar-refractivity contribution >= 4 is 23.7 Å². The molecule has 2 aliphatic heterocycles. The fourth-order valence-electron chi connectivity index (χ4n) is 3.01. The van der Waals surface area contributed by atoms with Crippen molar-refractivity contribution in [3.05, 3.63) is 35.4 Å². The van der Waals surface area contributed by atoms with E-state index in [0.29, 0.717) is 13.2 Å². The molecule has 1 aromatic rings. The maximum absolute atomic E-state index is 12.3. The van der Waals surface area contributed by atoms with E-state index in [1.165, 1.54) is 19.1 Å². The molecule has 0 aliphatic carbocycles. The van der Waals surface area contributed by atoms with Crippen molar-refractivity contribution < 1.29 is 28.7 Å². The van der Waals surface area contributed by atoms with E-state index in [9.17, 15) is 19.2 Å². The standard InChI is InChI=1S/C18H20N2O6/c1-11(20-16(22)13-6-2-3-7-14(13)17(20)23)18(24)26-10-15(21)19-9-12-5-4-8-25-12/h2-3,6-7,11-12H,4-5,8-10H2,1H3,(H,19,21)/t11-,12-/m1/s1. The highest BCUT2D eigenvalue weighted by Gasteiger charge is 2.41. The van der Waals surface area contributed by atoms with Gasteiger partial charge in [-0.2, -0.15) is 0 Å². The molecule has 1 aromatic carbocycles. The van der Waals surface area contributed by atoms with E-state index >= 15 is 0 Å². The van der Waals surface area contributed by atoms with Gasteiger partial charge in [-0.15, -0.1) is 0 Å². The SMILES string of the molecule is C[C@H](C(=O)OCC(=O)NC[C@H]1CCCO1)N1C(=O)c2ccccc2C1=O. The molecule has 3 amide bonds. The van der Waals surface area contributed by atoms with Gasteiger partial charge in [0.15, 0.2) is 6.61 Å². The van der Waals surface area contributed by atoms with Crippen LogP contribution in [0.3, 0.4) is 0 Å². The summed E-state index contributed by atoms with van der Waals surface area (Å²) in [6, 6.07) is 5.25. The summed E-state index contributed by atoms with van der Waals surface area (Å²) in [5.41, 5.74) is 0.512. The van der Waals surface area contributed by atoms with Crippen LogP contribution < -0.4 is 5.32 Å². The van der Waals surface area contributed by atoms with Crippen LogP contribution in [0.15, 0.2) is 24.3 Å². The average Bonchev–Trinajstić information content (AvgIpc) is 3.25. The first kappa shape index (κ1) is 18.1. The Hall–Kier alpha value is -2.74. The number of ether oxygens (including phenoxy) is 2. The first-order valence-electron chi connectivity index (χ1n) is 8.51. The number of esters is 1. The Kier molecular flexibility index (Phi) is 5.32. The van der Waals surface area contributed by atoms with Crippen LogP contribution in [0, 0.1) is 0 Å². The van der Waals surface area contributed by atoms with E-state index < -0.39 is 36.3 Å². The molecule has 1 fully saturated rings. The van der Waals surface area contributed by atoms with E-state index in [4.69, 9.17) is 9.47 Å². The smallest absolute Gasteiger partial charge is 0.329 e. The zero-order valence-corrected chi connectivity index (χ0v) is 14.4. The topological polar surface area (TPSA) is 102 Å². The van der Waals surface area contributed by atoms with Crippen LogP contribution in [-0.4, -0.2) is 60.5 Å². The Bertz CT molecular complexity index is 706. The summed E-state index contributed by atoms with van der Waals surface area (Å²) >= 11 is 0. The first-order chi connectivity index (χ1) is 12.5. The molecular formula is C18H20N2O6. The van der Waals surface area contributed by atoms with Crippen molar-refractivity contribution in [2.45, 2.75) is 31.9 Å². The fraction of sp³-hybridized carbons (Fsp3) is 0.444. The molecule has 26 heavy (non-hydrogen) atoms.